The van der Waals surface area contributed by atoms with Crippen LogP contribution >= 0.6 is 0 Å². The first kappa shape index (κ1) is 24.2. The lowest BCUT2D eigenvalue weighted by Gasteiger charge is -2.44. The molecule has 7 heteroatoms. The zero-order valence-corrected chi connectivity index (χ0v) is 19.2. The Morgan fingerprint density at radius 2 is 1.88 bits per heavy atom. The van der Waals surface area contributed by atoms with Crippen molar-refractivity contribution in [3.8, 4) is 0 Å². The highest BCUT2D eigenvalue weighted by atomic mass is 16.5. The standard InChI is InChI=1S/C25H36N2O5/c1-3-32-24(31)20(12-11-19-9-5-4-6-10-19)26-18(2)22(28)27-16-15-25(13-7-8-14-25)17-21(27)23(29)30/h4-6,9-10,18,20-21,26H,3,7-8,11-17H2,1-2H3,(H,29,30)/t18?,20-,21-/m0/s1. The number of benzene rings is 1. The number of hydrogen-bond donors (Lipinski definition) is 2. The number of aliphatic carboxylic acids is 1. The number of carbonyl (C=O) groups excluding carboxylic acids is 2. The van der Waals surface area contributed by atoms with E-state index in [0.29, 0.717) is 25.8 Å². The number of hydrogen-bond acceptors (Lipinski definition) is 5. The van der Waals surface area contributed by atoms with Gasteiger partial charge < -0.3 is 14.7 Å². The van der Waals surface area contributed by atoms with Gasteiger partial charge in [-0.1, -0.05) is 43.2 Å². The molecule has 176 valence electrons. The number of rotatable bonds is 9. The summed E-state index contributed by atoms with van der Waals surface area (Å²) in [6.45, 7) is 4.18. The van der Waals surface area contributed by atoms with E-state index in [4.69, 9.17) is 4.74 Å². The van der Waals surface area contributed by atoms with Crippen molar-refractivity contribution < 1.29 is 24.2 Å². The number of nitrogens with zero attached hydrogens (tertiary/aromatic N) is 1. The number of aryl methyl sites for hydroxylation is 1. The fourth-order valence-corrected chi connectivity index (χ4v) is 5.29. The average Bonchev–Trinajstić information content (AvgIpc) is 3.24. The van der Waals surface area contributed by atoms with Crippen molar-refractivity contribution in [3.05, 3.63) is 35.9 Å². The zero-order chi connectivity index (χ0) is 23.1. The van der Waals surface area contributed by atoms with E-state index in [1.54, 1.807) is 13.8 Å². The van der Waals surface area contributed by atoms with Crippen molar-refractivity contribution in [1.29, 1.82) is 0 Å². The molecule has 0 aromatic heterocycles. The summed E-state index contributed by atoms with van der Waals surface area (Å²) >= 11 is 0. The van der Waals surface area contributed by atoms with Crippen LogP contribution in [0, 0.1) is 5.41 Å². The van der Waals surface area contributed by atoms with Crippen LogP contribution in [-0.4, -0.2) is 59.1 Å². The number of esters is 1. The Labute approximate surface area is 190 Å². The number of likely N-dealkylation sites (tertiary alicyclic amines) is 1. The van der Waals surface area contributed by atoms with Crippen molar-refractivity contribution in [2.45, 2.75) is 83.3 Å². The first-order valence-electron chi connectivity index (χ1n) is 11.8. The first-order valence-corrected chi connectivity index (χ1v) is 11.8. The van der Waals surface area contributed by atoms with Gasteiger partial charge in [0.05, 0.1) is 12.6 Å². The number of ether oxygens (including phenoxy) is 1. The highest BCUT2D eigenvalue weighted by Gasteiger charge is 2.46. The van der Waals surface area contributed by atoms with E-state index in [1.165, 1.54) is 4.90 Å². The molecule has 0 bridgehead atoms. The minimum absolute atomic E-state index is 0.0691. The third-order valence-corrected chi connectivity index (χ3v) is 7.08. The maximum Gasteiger partial charge on any atom is 0.326 e. The Morgan fingerprint density at radius 1 is 1.19 bits per heavy atom. The van der Waals surface area contributed by atoms with Gasteiger partial charge >= 0.3 is 11.9 Å². The molecule has 3 rings (SSSR count). The Kier molecular flexibility index (Phi) is 8.29. The van der Waals surface area contributed by atoms with E-state index in [0.717, 1.165) is 37.7 Å². The van der Waals surface area contributed by atoms with Crippen LogP contribution in [0.4, 0.5) is 0 Å². The van der Waals surface area contributed by atoms with Gasteiger partial charge in [0.2, 0.25) is 5.91 Å². The molecule has 1 aromatic rings. The molecule has 1 saturated heterocycles. The molecule has 1 aromatic carbocycles. The van der Waals surface area contributed by atoms with Crippen LogP contribution in [0.3, 0.4) is 0 Å². The van der Waals surface area contributed by atoms with E-state index < -0.39 is 24.1 Å². The summed E-state index contributed by atoms with van der Waals surface area (Å²) in [5, 5.41) is 13.0. The van der Waals surface area contributed by atoms with Gasteiger partial charge in [-0.2, -0.15) is 0 Å². The molecule has 1 amide bonds. The number of carboxylic acid groups (broad SMARTS) is 1. The quantitative estimate of drug-likeness (QED) is 0.568. The lowest BCUT2D eigenvalue weighted by molar-refractivity contribution is -0.156. The SMILES string of the molecule is CCOC(=O)[C@H](CCc1ccccc1)NC(C)C(=O)N1CCC2(CCCC2)C[C@H]1C(=O)O. The molecule has 1 aliphatic heterocycles. The lowest BCUT2D eigenvalue weighted by Crippen LogP contribution is -2.58. The van der Waals surface area contributed by atoms with Crippen molar-refractivity contribution >= 4 is 17.8 Å². The highest BCUT2D eigenvalue weighted by molar-refractivity contribution is 5.88. The molecule has 2 aliphatic rings. The van der Waals surface area contributed by atoms with Crippen molar-refractivity contribution in [1.82, 2.24) is 10.2 Å². The van der Waals surface area contributed by atoms with Crippen LogP contribution in [0.15, 0.2) is 30.3 Å². The van der Waals surface area contributed by atoms with Gasteiger partial charge in [-0.25, -0.2) is 4.79 Å². The maximum atomic E-state index is 13.3. The second-order valence-electron chi connectivity index (χ2n) is 9.26. The fourth-order valence-electron chi connectivity index (χ4n) is 5.29. The lowest BCUT2D eigenvalue weighted by atomic mass is 9.74. The first-order chi connectivity index (χ1) is 15.3. The molecule has 1 saturated carbocycles. The van der Waals surface area contributed by atoms with E-state index in [9.17, 15) is 19.5 Å². The molecule has 1 heterocycles. The van der Waals surface area contributed by atoms with Gasteiger partial charge in [-0.15, -0.1) is 0 Å². The molecule has 1 spiro atoms. The minimum atomic E-state index is -0.942. The molecule has 2 N–H and O–H groups in total. The molecule has 3 atom stereocenters. The summed E-state index contributed by atoms with van der Waals surface area (Å²) in [5.74, 6) is -1.59. The van der Waals surface area contributed by atoms with Gasteiger partial charge in [0.25, 0.3) is 0 Å². The Morgan fingerprint density at radius 3 is 2.50 bits per heavy atom. The van der Waals surface area contributed by atoms with Gasteiger partial charge in [0.15, 0.2) is 0 Å². The van der Waals surface area contributed by atoms with Crippen LogP contribution in [0.1, 0.15) is 64.4 Å². The highest BCUT2D eigenvalue weighted by Crippen LogP contribution is 2.48. The predicted molar refractivity (Wildman–Crippen MR) is 121 cm³/mol. The summed E-state index contributed by atoms with van der Waals surface area (Å²) in [6.07, 6.45) is 6.92. The third-order valence-electron chi connectivity index (χ3n) is 7.08. The van der Waals surface area contributed by atoms with Crippen LogP contribution < -0.4 is 5.32 Å². The summed E-state index contributed by atoms with van der Waals surface area (Å²) in [6, 6.07) is 7.73. The smallest absolute Gasteiger partial charge is 0.326 e. The minimum Gasteiger partial charge on any atom is -0.480 e. The van der Waals surface area contributed by atoms with Crippen molar-refractivity contribution in [2.24, 2.45) is 5.41 Å². The number of nitrogens with one attached hydrogen (secondary N) is 1. The average molecular weight is 445 g/mol. The Bertz CT molecular complexity index is 791. The molecule has 32 heavy (non-hydrogen) atoms. The summed E-state index contributed by atoms with van der Waals surface area (Å²) in [7, 11) is 0. The molecule has 1 unspecified atom stereocenters. The summed E-state index contributed by atoms with van der Waals surface area (Å²) in [5.41, 5.74) is 1.17. The Balaban J connectivity index is 1.65. The van der Waals surface area contributed by atoms with Gasteiger partial charge in [0.1, 0.15) is 12.1 Å². The summed E-state index contributed by atoms with van der Waals surface area (Å²) < 4.78 is 5.22. The van der Waals surface area contributed by atoms with Crippen molar-refractivity contribution in [3.63, 3.8) is 0 Å². The van der Waals surface area contributed by atoms with E-state index in [-0.39, 0.29) is 23.9 Å². The number of amides is 1. The number of piperidine rings is 1. The van der Waals surface area contributed by atoms with Crippen LogP contribution in [0.25, 0.3) is 0 Å². The van der Waals surface area contributed by atoms with Gasteiger partial charge in [0, 0.05) is 6.54 Å². The maximum absolute atomic E-state index is 13.3. The van der Waals surface area contributed by atoms with Crippen LogP contribution in [0.2, 0.25) is 0 Å². The molecule has 7 nitrogen and oxygen atoms in total. The second kappa shape index (κ2) is 10.9. The third kappa shape index (κ3) is 5.88. The predicted octanol–water partition coefficient (Wildman–Crippen LogP) is 3.17. The zero-order valence-electron chi connectivity index (χ0n) is 19.2. The van der Waals surface area contributed by atoms with E-state index in [2.05, 4.69) is 5.32 Å². The van der Waals surface area contributed by atoms with E-state index >= 15 is 0 Å². The van der Waals surface area contributed by atoms with Gasteiger partial charge in [-0.05, 0) is 63.4 Å². The number of carboxylic acids is 1. The molecule has 1 aliphatic carbocycles. The Hall–Kier alpha value is -2.41. The molecular weight excluding hydrogens is 408 g/mol. The van der Waals surface area contributed by atoms with Crippen molar-refractivity contribution in [2.75, 3.05) is 13.2 Å². The molecule has 0 radical (unpaired) electrons. The van der Waals surface area contributed by atoms with Crippen LogP contribution in [-0.2, 0) is 25.5 Å². The topological polar surface area (TPSA) is 95.9 Å². The molecule has 2 fully saturated rings. The molecular formula is C25H36N2O5. The number of carbonyl (C=O) groups is 3. The fraction of sp³-hybridized carbons (Fsp3) is 0.640. The van der Waals surface area contributed by atoms with E-state index in [1.807, 2.05) is 30.3 Å². The monoisotopic (exact) mass is 444 g/mol. The van der Waals surface area contributed by atoms with Gasteiger partial charge in [-0.3, -0.25) is 14.9 Å². The second-order valence-corrected chi connectivity index (χ2v) is 9.26. The van der Waals surface area contributed by atoms with Crippen LogP contribution in [0.5, 0.6) is 0 Å². The normalized spacial score (nSPS) is 21.8. The largest absolute Gasteiger partial charge is 0.480 e. The summed E-state index contributed by atoms with van der Waals surface area (Å²) in [4.78, 5) is 39.3.